The number of piperidine rings is 1. The first kappa shape index (κ1) is 25.3. The van der Waals surface area contributed by atoms with Gasteiger partial charge in [0.1, 0.15) is 11.4 Å². The van der Waals surface area contributed by atoms with Crippen molar-refractivity contribution in [2.24, 2.45) is 0 Å². The van der Waals surface area contributed by atoms with E-state index in [0.29, 0.717) is 38.3 Å². The van der Waals surface area contributed by atoms with Gasteiger partial charge in [0.15, 0.2) is 5.69 Å². The molecular weight excluding hydrogens is 509 g/mol. The van der Waals surface area contributed by atoms with E-state index in [1.54, 1.807) is 35.0 Å². The summed E-state index contributed by atoms with van der Waals surface area (Å²) in [4.78, 5) is 13.5. The minimum absolute atomic E-state index is 0. The molecule has 10 heteroatoms. The largest absolute Gasteiger partial charge is 0.482 e. The first-order valence-corrected chi connectivity index (χ1v) is 11.9. The van der Waals surface area contributed by atoms with E-state index >= 15 is 0 Å². The number of hydrogen-bond acceptors (Lipinski definition) is 5. The molecule has 7 nitrogen and oxygen atoms in total. The van der Waals surface area contributed by atoms with Crippen LogP contribution in [-0.4, -0.2) is 33.8 Å². The number of carbonyl (C=O) groups is 1. The van der Waals surface area contributed by atoms with E-state index < -0.39 is 5.60 Å². The number of benzene rings is 2. The maximum Gasteiger partial charge on any atom is 0.286 e. The lowest BCUT2D eigenvalue weighted by Crippen LogP contribution is -2.46. The molecule has 3 aromatic rings. The van der Waals surface area contributed by atoms with Crippen molar-refractivity contribution in [2.75, 3.05) is 13.1 Å². The van der Waals surface area contributed by atoms with Crippen LogP contribution in [0.2, 0.25) is 10.0 Å². The van der Waals surface area contributed by atoms with Crippen molar-refractivity contribution in [1.29, 1.82) is 5.26 Å². The van der Waals surface area contributed by atoms with Crippen molar-refractivity contribution in [3.05, 3.63) is 63.3 Å². The molecule has 35 heavy (non-hydrogen) atoms. The second kappa shape index (κ2) is 9.71. The van der Waals surface area contributed by atoms with Crippen molar-refractivity contribution in [2.45, 2.75) is 38.7 Å². The average molecular weight is 533 g/mol. The highest BCUT2D eigenvalue weighted by Crippen LogP contribution is 2.48. The summed E-state index contributed by atoms with van der Waals surface area (Å²) in [5.41, 5.74) is 5.56. The van der Waals surface area contributed by atoms with Gasteiger partial charge in [-0.05, 0) is 63.1 Å². The number of nitrogens with zero attached hydrogens (tertiary/aromatic N) is 4. The van der Waals surface area contributed by atoms with Crippen molar-refractivity contribution in [3.8, 4) is 28.8 Å². The topological polar surface area (TPSA) is 83.2 Å². The van der Waals surface area contributed by atoms with Gasteiger partial charge in [0.2, 0.25) is 0 Å². The summed E-state index contributed by atoms with van der Waals surface area (Å²) in [6.07, 6.45) is 3.24. The van der Waals surface area contributed by atoms with E-state index in [9.17, 15) is 10.1 Å². The second-order valence-electron chi connectivity index (χ2n) is 9.00. The van der Waals surface area contributed by atoms with Gasteiger partial charge in [-0.1, -0.05) is 29.6 Å². The molecule has 1 fully saturated rings. The van der Waals surface area contributed by atoms with Crippen molar-refractivity contribution < 1.29 is 9.53 Å². The van der Waals surface area contributed by atoms with Crippen LogP contribution in [0.25, 0.3) is 16.9 Å². The normalized spacial score (nSPS) is 16.2. The summed E-state index contributed by atoms with van der Waals surface area (Å²) in [5.74, 6) is 0.251. The minimum atomic E-state index is -0.887. The van der Waals surface area contributed by atoms with Crippen molar-refractivity contribution >= 4 is 41.5 Å². The highest BCUT2D eigenvalue weighted by Gasteiger charge is 2.41. The zero-order chi connectivity index (χ0) is 24.0. The number of hydrogen-bond donors (Lipinski definition) is 1. The summed E-state index contributed by atoms with van der Waals surface area (Å²) in [6, 6.07) is 12.5. The molecule has 0 aliphatic carbocycles. The molecule has 0 radical (unpaired) electrons. The number of amides is 1. The first-order valence-electron chi connectivity index (χ1n) is 11.2. The van der Waals surface area contributed by atoms with Crippen molar-refractivity contribution in [1.82, 2.24) is 20.2 Å². The van der Waals surface area contributed by atoms with Gasteiger partial charge < -0.3 is 4.74 Å². The van der Waals surface area contributed by atoms with Crippen LogP contribution in [0.5, 0.6) is 5.75 Å². The van der Waals surface area contributed by atoms with Crippen LogP contribution < -0.4 is 10.2 Å². The SMILES string of the molecule is CC1(C)Oc2cc(C#N)ccc2-c2c1c(C(=O)NN1CCCCC1)nn2-c1ccc(Cl)cc1Cl.Cl. The summed E-state index contributed by atoms with van der Waals surface area (Å²) in [6.45, 7) is 5.39. The molecule has 2 aromatic carbocycles. The van der Waals surface area contributed by atoms with E-state index in [2.05, 4.69) is 11.5 Å². The van der Waals surface area contributed by atoms with Gasteiger partial charge in [-0.2, -0.15) is 10.4 Å². The van der Waals surface area contributed by atoms with Gasteiger partial charge in [0, 0.05) is 23.7 Å². The molecule has 3 heterocycles. The Kier molecular flexibility index (Phi) is 7.03. The first-order chi connectivity index (χ1) is 16.3. The number of aromatic nitrogens is 2. The van der Waals surface area contributed by atoms with Crippen LogP contribution in [0.15, 0.2) is 36.4 Å². The third kappa shape index (κ3) is 4.60. The Balaban J connectivity index is 0.00000289. The number of hydrazine groups is 1. The molecule has 0 atom stereocenters. The fourth-order valence-electron chi connectivity index (χ4n) is 4.62. The van der Waals surface area contributed by atoms with Crippen LogP contribution in [0.3, 0.4) is 0 Å². The van der Waals surface area contributed by atoms with Crippen molar-refractivity contribution in [3.63, 3.8) is 0 Å². The molecule has 1 aromatic heterocycles. The molecule has 182 valence electrons. The number of nitrogens with one attached hydrogen (secondary N) is 1. The fourth-order valence-corrected chi connectivity index (χ4v) is 5.11. The minimum Gasteiger partial charge on any atom is -0.482 e. The Labute approximate surface area is 219 Å². The van der Waals surface area contributed by atoms with Crippen LogP contribution >= 0.6 is 35.6 Å². The second-order valence-corrected chi connectivity index (χ2v) is 9.85. The van der Waals surface area contributed by atoms with Gasteiger partial charge in [-0.3, -0.25) is 10.2 Å². The third-order valence-corrected chi connectivity index (χ3v) is 6.72. The fraction of sp³-hybridized carbons (Fsp3) is 0.320. The predicted molar refractivity (Wildman–Crippen MR) is 138 cm³/mol. The summed E-state index contributed by atoms with van der Waals surface area (Å²) >= 11 is 12.7. The van der Waals surface area contributed by atoms with E-state index in [1.807, 2.05) is 24.9 Å². The predicted octanol–water partition coefficient (Wildman–Crippen LogP) is 5.90. The summed E-state index contributed by atoms with van der Waals surface area (Å²) < 4.78 is 7.99. The van der Waals surface area contributed by atoms with Crippen LogP contribution in [0, 0.1) is 11.3 Å². The molecule has 1 amide bonds. The molecule has 5 rings (SSSR count). The monoisotopic (exact) mass is 531 g/mol. The Bertz CT molecular complexity index is 1340. The van der Waals surface area contributed by atoms with Gasteiger partial charge in [-0.15, -0.1) is 12.4 Å². The van der Waals surface area contributed by atoms with E-state index in [0.717, 1.165) is 37.9 Å². The number of rotatable bonds is 3. The Morgan fingerprint density at radius 3 is 2.57 bits per heavy atom. The number of nitriles is 1. The van der Waals surface area contributed by atoms with E-state index in [1.165, 1.54) is 0 Å². The smallest absolute Gasteiger partial charge is 0.286 e. The Morgan fingerprint density at radius 1 is 1.14 bits per heavy atom. The van der Waals surface area contributed by atoms with E-state index in [-0.39, 0.29) is 24.0 Å². The number of carbonyl (C=O) groups excluding carboxylic acids is 1. The molecule has 2 aliphatic rings. The number of halogens is 3. The summed E-state index contributed by atoms with van der Waals surface area (Å²) in [7, 11) is 0. The molecule has 0 bridgehead atoms. The van der Waals surface area contributed by atoms with Gasteiger partial charge in [0.05, 0.1) is 33.6 Å². The molecule has 0 saturated carbocycles. The zero-order valence-electron chi connectivity index (χ0n) is 19.3. The molecule has 1 saturated heterocycles. The van der Waals surface area contributed by atoms with Gasteiger partial charge >= 0.3 is 0 Å². The maximum absolute atomic E-state index is 13.5. The zero-order valence-corrected chi connectivity index (χ0v) is 21.6. The third-order valence-electron chi connectivity index (χ3n) is 6.19. The summed E-state index contributed by atoms with van der Waals surface area (Å²) in [5, 5.41) is 17.0. The van der Waals surface area contributed by atoms with Gasteiger partial charge in [0.25, 0.3) is 5.91 Å². The maximum atomic E-state index is 13.5. The van der Waals surface area contributed by atoms with Gasteiger partial charge in [-0.25, -0.2) is 9.69 Å². The quantitative estimate of drug-likeness (QED) is 0.454. The van der Waals surface area contributed by atoms with E-state index in [4.69, 9.17) is 33.0 Å². The molecule has 0 spiro atoms. The molecule has 1 N–H and O–H groups in total. The molecule has 0 unspecified atom stereocenters. The van der Waals surface area contributed by atoms with Crippen LogP contribution in [-0.2, 0) is 5.60 Å². The lowest BCUT2D eigenvalue weighted by Gasteiger charge is -2.34. The highest BCUT2D eigenvalue weighted by molar-refractivity contribution is 6.35. The Hall–Kier alpha value is -2.76. The number of fused-ring (bicyclic) bond motifs is 3. The standard InChI is InChI=1S/C25H23Cl2N5O2.ClH/c1-25(2)21-22(24(33)30-31-10-4-3-5-11-31)29-32(19-9-7-16(26)13-18(19)27)23(21)17-8-6-15(14-28)12-20(17)34-25;/h6-9,12-13H,3-5,10-11H2,1-2H3,(H,30,33);1H. The Morgan fingerprint density at radius 2 is 1.89 bits per heavy atom. The molecular formula is C25H24Cl3N5O2. The lowest BCUT2D eigenvalue weighted by atomic mass is 9.88. The highest BCUT2D eigenvalue weighted by atomic mass is 35.5. The molecule has 2 aliphatic heterocycles. The van der Waals surface area contributed by atoms with Crippen LogP contribution in [0.1, 0.15) is 54.7 Å². The average Bonchev–Trinajstić information content (AvgIpc) is 3.21. The lowest BCUT2D eigenvalue weighted by molar-refractivity contribution is 0.0720. The number of ether oxygens (including phenoxy) is 1. The van der Waals surface area contributed by atoms with Crippen LogP contribution in [0.4, 0.5) is 0 Å².